The summed E-state index contributed by atoms with van der Waals surface area (Å²) in [5.74, 6) is 1.78. The summed E-state index contributed by atoms with van der Waals surface area (Å²) < 4.78 is 0. The molecule has 0 saturated heterocycles. The van der Waals surface area contributed by atoms with Crippen molar-refractivity contribution in [3.8, 4) is 12.3 Å². The number of nitrogens with two attached hydrogens (primary N) is 1. The van der Waals surface area contributed by atoms with E-state index < -0.39 is 6.04 Å². The van der Waals surface area contributed by atoms with Gasteiger partial charge in [0.25, 0.3) is 0 Å². The molecule has 0 spiro atoms. The highest BCUT2D eigenvalue weighted by molar-refractivity contribution is 5.87. The summed E-state index contributed by atoms with van der Waals surface area (Å²) in [5, 5.41) is 2.69. The Morgan fingerprint density at radius 1 is 1.50 bits per heavy atom. The summed E-state index contributed by atoms with van der Waals surface area (Å²) in [5.41, 5.74) is 5.54. The molecule has 3 N–H and O–H groups in total. The molecule has 0 aliphatic heterocycles. The van der Waals surface area contributed by atoms with Gasteiger partial charge < -0.3 is 16.0 Å². The highest BCUT2D eigenvalue weighted by atomic mass is 16.2. The number of hydrogen-bond acceptors (Lipinski definition) is 3. The van der Waals surface area contributed by atoms with Crippen LogP contribution < -0.4 is 11.1 Å². The minimum absolute atomic E-state index is 0.00468. The van der Waals surface area contributed by atoms with Crippen LogP contribution in [0.15, 0.2) is 0 Å². The van der Waals surface area contributed by atoms with E-state index in [0.717, 1.165) is 0 Å². The Bertz CT molecular complexity index is 294. The van der Waals surface area contributed by atoms with Gasteiger partial charge in [-0.2, -0.15) is 0 Å². The van der Waals surface area contributed by atoms with Gasteiger partial charge in [-0.1, -0.05) is 0 Å². The standard InChI is InChI=1S/C11H19N3O2/c1-5-6-9(12)11(16)14(4)7-10(15)13-8(2)3/h1,8-9H,6-7,12H2,2-4H3,(H,13,15). The Balaban J connectivity index is 4.15. The second-order valence-electron chi connectivity index (χ2n) is 3.93. The van der Waals surface area contributed by atoms with Crippen molar-refractivity contribution in [1.29, 1.82) is 0 Å². The first kappa shape index (κ1) is 14.5. The Hall–Kier alpha value is -1.54. The predicted molar refractivity (Wildman–Crippen MR) is 62.3 cm³/mol. The number of nitrogens with one attached hydrogen (secondary N) is 1. The highest BCUT2D eigenvalue weighted by Gasteiger charge is 2.19. The van der Waals surface area contributed by atoms with Gasteiger partial charge in [0, 0.05) is 19.5 Å². The average molecular weight is 225 g/mol. The Morgan fingerprint density at radius 3 is 2.50 bits per heavy atom. The molecule has 0 rings (SSSR count). The van der Waals surface area contributed by atoms with E-state index >= 15 is 0 Å². The van der Waals surface area contributed by atoms with Crippen molar-refractivity contribution in [1.82, 2.24) is 10.2 Å². The van der Waals surface area contributed by atoms with Gasteiger partial charge in [0.1, 0.15) is 0 Å². The number of carbonyl (C=O) groups is 2. The summed E-state index contributed by atoms with van der Waals surface area (Å²) in [6.07, 6.45) is 5.23. The van der Waals surface area contributed by atoms with E-state index in [0.29, 0.717) is 0 Å². The van der Waals surface area contributed by atoms with Gasteiger partial charge in [-0.15, -0.1) is 12.3 Å². The molecular formula is C11H19N3O2. The molecule has 0 aliphatic carbocycles. The minimum Gasteiger partial charge on any atom is -0.352 e. The molecule has 5 nitrogen and oxygen atoms in total. The third-order valence-electron chi connectivity index (χ3n) is 1.86. The van der Waals surface area contributed by atoms with Crippen molar-refractivity contribution in [3.05, 3.63) is 0 Å². The van der Waals surface area contributed by atoms with E-state index in [2.05, 4.69) is 11.2 Å². The zero-order chi connectivity index (χ0) is 12.7. The van der Waals surface area contributed by atoms with Crippen molar-refractivity contribution in [2.75, 3.05) is 13.6 Å². The maximum Gasteiger partial charge on any atom is 0.240 e. The normalized spacial score (nSPS) is 11.8. The van der Waals surface area contributed by atoms with Crippen LogP contribution in [0.5, 0.6) is 0 Å². The van der Waals surface area contributed by atoms with E-state index in [9.17, 15) is 9.59 Å². The van der Waals surface area contributed by atoms with Crippen LogP contribution in [0.1, 0.15) is 20.3 Å². The number of rotatable bonds is 5. The first-order valence-electron chi connectivity index (χ1n) is 5.11. The van der Waals surface area contributed by atoms with E-state index in [1.807, 2.05) is 13.8 Å². The first-order valence-corrected chi connectivity index (χ1v) is 5.11. The molecule has 0 saturated carbocycles. The lowest BCUT2D eigenvalue weighted by Crippen LogP contribution is -2.46. The average Bonchev–Trinajstić information content (AvgIpc) is 2.15. The van der Waals surface area contributed by atoms with Gasteiger partial charge in [0.2, 0.25) is 11.8 Å². The molecule has 0 radical (unpaired) electrons. The third-order valence-corrected chi connectivity index (χ3v) is 1.86. The molecule has 1 atom stereocenters. The summed E-state index contributed by atoms with van der Waals surface area (Å²) in [7, 11) is 1.53. The van der Waals surface area contributed by atoms with Gasteiger partial charge in [-0.05, 0) is 13.8 Å². The molecule has 0 bridgehead atoms. The van der Waals surface area contributed by atoms with Crippen LogP contribution in [0, 0.1) is 12.3 Å². The molecule has 16 heavy (non-hydrogen) atoms. The maximum absolute atomic E-state index is 11.6. The molecular weight excluding hydrogens is 206 g/mol. The van der Waals surface area contributed by atoms with Crippen molar-refractivity contribution < 1.29 is 9.59 Å². The fourth-order valence-electron chi connectivity index (χ4n) is 1.16. The summed E-state index contributed by atoms with van der Waals surface area (Å²) in [4.78, 5) is 24.2. The fraction of sp³-hybridized carbons (Fsp3) is 0.636. The lowest BCUT2D eigenvalue weighted by molar-refractivity contribution is -0.135. The lowest BCUT2D eigenvalue weighted by atomic mass is 10.2. The Kier molecular flexibility index (Phi) is 6.19. The lowest BCUT2D eigenvalue weighted by Gasteiger charge is -2.20. The van der Waals surface area contributed by atoms with E-state index in [1.54, 1.807) is 0 Å². The second-order valence-corrected chi connectivity index (χ2v) is 3.93. The maximum atomic E-state index is 11.6. The smallest absolute Gasteiger partial charge is 0.240 e. The minimum atomic E-state index is -0.734. The van der Waals surface area contributed by atoms with Crippen LogP contribution in [0.25, 0.3) is 0 Å². The van der Waals surface area contributed by atoms with Gasteiger partial charge in [0.05, 0.1) is 12.6 Å². The number of nitrogens with zero attached hydrogens (tertiary/aromatic N) is 1. The topological polar surface area (TPSA) is 75.4 Å². The van der Waals surface area contributed by atoms with Crippen molar-refractivity contribution >= 4 is 11.8 Å². The number of terminal acetylenes is 1. The van der Waals surface area contributed by atoms with Gasteiger partial charge >= 0.3 is 0 Å². The van der Waals surface area contributed by atoms with E-state index in [4.69, 9.17) is 12.2 Å². The first-order chi connectivity index (χ1) is 7.38. The summed E-state index contributed by atoms with van der Waals surface area (Å²) in [6.45, 7) is 3.70. The second kappa shape index (κ2) is 6.85. The molecule has 0 aliphatic rings. The number of likely N-dealkylation sites (N-methyl/N-ethyl adjacent to an activating group) is 1. The Labute approximate surface area is 96.4 Å². The molecule has 0 aromatic carbocycles. The number of carbonyl (C=O) groups excluding carboxylic acids is 2. The molecule has 90 valence electrons. The highest BCUT2D eigenvalue weighted by Crippen LogP contribution is 1.94. The van der Waals surface area contributed by atoms with Crippen LogP contribution in [-0.2, 0) is 9.59 Å². The van der Waals surface area contributed by atoms with Crippen LogP contribution in [0.4, 0.5) is 0 Å². The van der Waals surface area contributed by atoms with Gasteiger partial charge in [0.15, 0.2) is 0 Å². The summed E-state index contributed by atoms with van der Waals surface area (Å²) in [6, 6.07) is -0.683. The van der Waals surface area contributed by atoms with Gasteiger partial charge in [-0.25, -0.2) is 0 Å². The fourth-order valence-corrected chi connectivity index (χ4v) is 1.16. The predicted octanol–water partition coefficient (Wildman–Crippen LogP) is -0.680. The molecule has 5 heteroatoms. The SMILES string of the molecule is C#CCC(N)C(=O)N(C)CC(=O)NC(C)C. The molecule has 0 aromatic heterocycles. The number of hydrogen-bond donors (Lipinski definition) is 2. The van der Waals surface area contributed by atoms with E-state index in [-0.39, 0.29) is 30.8 Å². The molecule has 0 aromatic rings. The zero-order valence-electron chi connectivity index (χ0n) is 9.99. The quantitative estimate of drug-likeness (QED) is 0.609. The van der Waals surface area contributed by atoms with Crippen LogP contribution in [0.2, 0.25) is 0 Å². The molecule has 0 heterocycles. The zero-order valence-corrected chi connectivity index (χ0v) is 9.99. The summed E-state index contributed by atoms with van der Waals surface area (Å²) >= 11 is 0. The van der Waals surface area contributed by atoms with Crippen molar-refractivity contribution in [2.24, 2.45) is 5.73 Å². The van der Waals surface area contributed by atoms with Crippen LogP contribution in [-0.4, -0.2) is 42.4 Å². The van der Waals surface area contributed by atoms with Crippen LogP contribution in [0.3, 0.4) is 0 Å². The van der Waals surface area contributed by atoms with Gasteiger partial charge in [-0.3, -0.25) is 9.59 Å². The molecule has 1 unspecified atom stereocenters. The third kappa shape index (κ3) is 5.37. The Morgan fingerprint density at radius 2 is 2.06 bits per heavy atom. The monoisotopic (exact) mass is 225 g/mol. The largest absolute Gasteiger partial charge is 0.352 e. The van der Waals surface area contributed by atoms with Crippen LogP contribution >= 0.6 is 0 Å². The van der Waals surface area contributed by atoms with E-state index in [1.165, 1.54) is 11.9 Å². The molecule has 2 amide bonds. The number of amides is 2. The van der Waals surface area contributed by atoms with Crippen molar-refractivity contribution in [3.63, 3.8) is 0 Å². The molecule has 0 fully saturated rings. The van der Waals surface area contributed by atoms with Crippen molar-refractivity contribution in [2.45, 2.75) is 32.4 Å².